The van der Waals surface area contributed by atoms with E-state index < -0.39 is 6.10 Å². The molecule has 1 aromatic heterocycles. The lowest BCUT2D eigenvalue weighted by molar-refractivity contribution is 0.199. The third-order valence-corrected chi connectivity index (χ3v) is 2.91. The molecule has 3 N–H and O–H groups in total. The highest BCUT2D eigenvalue weighted by Gasteiger charge is 2.05. The van der Waals surface area contributed by atoms with Crippen LogP contribution in [0.25, 0.3) is 0 Å². The molecule has 21 heavy (non-hydrogen) atoms. The van der Waals surface area contributed by atoms with Crippen molar-refractivity contribution in [3.8, 4) is 0 Å². The first-order chi connectivity index (χ1) is 10.0. The van der Waals surface area contributed by atoms with Gasteiger partial charge in [0, 0.05) is 25.7 Å². The van der Waals surface area contributed by atoms with E-state index >= 15 is 0 Å². The van der Waals surface area contributed by atoms with Gasteiger partial charge in [-0.15, -0.1) is 0 Å². The zero-order valence-corrected chi connectivity index (χ0v) is 12.1. The predicted molar refractivity (Wildman–Crippen MR) is 78.8 cm³/mol. The van der Waals surface area contributed by atoms with Crippen molar-refractivity contribution in [1.29, 1.82) is 0 Å². The maximum absolute atomic E-state index is 11.8. The molecule has 0 spiro atoms. The zero-order chi connectivity index (χ0) is 15.2. The molecular formula is C14H19N5O2. The van der Waals surface area contributed by atoms with Gasteiger partial charge in [0.15, 0.2) is 5.82 Å². The number of aromatic nitrogens is 3. The van der Waals surface area contributed by atoms with Crippen molar-refractivity contribution in [2.75, 3.05) is 11.9 Å². The standard InChI is InChI=1S/C14H19N5O2/c1-10(20)11-4-3-5-12(8-11)17-14(21)15-7-6-13-16-9-19(2)18-13/h3-5,8-10,20H,6-7H2,1-2H3,(H2,15,17,21). The molecule has 0 aliphatic carbocycles. The molecule has 0 aliphatic heterocycles. The first kappa shape index (κ1) is 15.0. The summed E-state index contributed by atoms with van der Waals surface area (Å²) in [7, 11) is 1.80. The second-order valence-corrected chi connectivity index (χ2v) is 4.77. The number of anilines is 1. The molecule has 1 heterocycles. The Morgan fingerprint density at radius 3 is 2.95 bits per heavy atom. The molecule has 2 rings (SSSR count). The number of aliphatic hydroxyl groups is 1. The van der Waals surface area contributed by atoms with E-state index in [9.17, 15) is 9.90 Å². The number of hydrogen-bond donors (Lipinski definition) is 3. The lowest BCUT2D eigenvalue weighted by Gasteiger charge is -2.09. The summed E-state index contributed by atoms with van der Waals surface area (Å²) in [6.45, 7) is 2.13. The molecule has 112 valence electrons. The number of hydrogen-bond acceptors (Lipinski definition) is 4. The predicted octanol–water partition coefficient (Wildman–Crippen LogP) is 1.23. The molecule has 1 aromatic carbocycles. The summed E-state index contributed by atoms with van der Waals surface area (Å²) in [5, 5.41) is 19.1. The van der Waals surface area contributed by atoms with Crippen LogP contribution < -0.4 is 10.6 Å². The Morgan fingerprint density at radius 1 is 1.48 bits per heavy atom. The van der Waals surface area contributed by atoms with Crippen LogP contribution in [0, 0.1) is 0 Å². The van der Waals surface area contributed by atoms with Gasteiger partial charge >= 0.3 is 6.03 Å². The highest BCUT2D eigenvalue weighted by atomic mass is 16.3. The fourth-order valence-electron chi connectivity index (χ4n) is 1.84. The highest BCUT2D eigenvalue weighted by molar-refractivity contribution is 5.89. The number of rotatable bonds is 5. The summed E-state index contributed by atoms with van der Waals surface area (Å²) in [6.07, 6.45) is 1.63. The highest BCUT2D eigenvalue weighted by Crippen LogP contribution is 2.16. The first-order valence-corrected chi connectivity index (χ1v) is 6.72. The van der Waals surface area contributed by atoms with Crippen LogP contribution >= 0.6 is 0 Å². The summed E-state index contributed by atoms with van der Waals surface area (Å²) in [4.78, 5) is 15.8. The van der Waals surface area contributed by atoms with E-state index in [1.54, 1.807) is 49.2 Å². The molecule has 7 heteroatoms. The van der Waals surface area contributed by atoms with Crippen LogP contribution in [0.4, 0.5) is 10.5 Å². The number of aliphatic hydroxyl groups excluding tert-OH is 1. The Morgan fingerprint density at radius 2 is 2.29 bits per heavy atom. The number of amides is 2. The van der Waals surface area contributed by atoms with Gasteiger partial charge in [-0.05, 0) is 24.6 Å². The van der Waals surface area contributed by atoms with Gasteiger partial charge < -0.3 is 15.7 Å². The minimum absolute atomic E-state index is 0.298. The molecular weight excluding hydrogens is 270 g/mol. The normalized spacial score (nSPS) is 12.0. The van der Waals surface area contributed by atoms with Crippen LogP contribution in [0.3, 0.4) is 0 Å². The van der Waals surface area contributed by atoms with Crippen molar-refractivity contribution in [2.45, 2.75) is 19.4 Å². The average molecular weight is 289 g/mol. The molecule has 0 saturated heterocycles. The third kappa shape index (κ3) is 4.57. The third-order valence-electron chi connectivity index (χ3n) is 2.91. The molecule has 0 radical (unpaired) electrons. The van der Waals surface area contributed by atoms with Gasteiger partial charge in [-0.25, -0.2) is 9.78 Å². The second-order valence-electron chi connectivity index (χ2n) is 4.77. The SMILES string of the molecule is CC(O)c1cccc(NC(=O)NCCc2ncn(C)n2)c1. The van der Waals surface area contributed by atoms with Gasteiger partial charge in [0.1, 0.15) is 6.33 Å². The fraction of sp³-hybridized carbons (Fsp3) is 0.357. The number of nitrogens with one attached hydrogen (secondary N) is 2. The van der Waals surface area contributed by atoms with E-state index in [-0.39, 0.29) is 6.03 Å². The van der Waals surface area contributed by atoms with E-state index in [1.807, 2.05) is 0 Å². The van der Waals surface area contributed by atoms with E-state index in [2.05, 4.69) is 20.7 Å². The van der Waals surface area contributed by atoms with Crippen LogP contribution in [0.1, 0.15) is 24.4 Å². The van der Waals surface area contributed by atoms with Gasteiger partial charge in [-0.1, -0.05) is 12.1 Å². The number of benzene rings is 1. The van der Waals surface area contributed by atoms with Crippen LogP contribution in [0.15, 0.2) is 30.6 Å². The van der Waals surface area contributed by atoms with Crippen molar-refractivity contribution < 1.29 is 9.90 Å². The molecule has 0 saturated carbocycles. The summed E-state index contributed by atoms with van der Waals surface area (Å²) in [5.41, 5.74) is 1.40. The number of urea groups is 1. The van der Waals surface area contributed by atoms with Crippen molar-refractivity contribution in [3.63, 3.8) is 0 Å². The number of carbonyl (C=O) groups excluding carboxylic acids is 1. The topological polar surface area (TPSA) is 92.1 Å². The van der Waals surface area contributed by atoms with Crippen LogP contribution in [-0.4, -0.2) is 32.4 Å². The fourth-order valence-corrected chi connectivity index (χ4v) is 1.84. The largest absolute Gasteiger partial charge is 0.389 e. The summed E-state index contributed by atoms with van der Waals surface area (Å²) >= 11 is 0. The molecule has 0 fully saturated rings. The monoisotopic (exact) mass is 289 g/mol. The number of nitrogens with zero attached hydrogens (tertiary/aromatic N) is 3. The molecule has 0 bridgehead atoms. The maximum Gasteiger partial charge on any atom is 0.319 e. The van der Waals surface area contributed by atoms with Gasteiger partial charge in [0.05, 0.1) is 6.10 Å². The Balaban J connectivity index is 1.80. The van der Waals surface area contributed by atoms with Crippen LogP contribution in [0.5, 0.6) is 0 Å². The van der Waals surface area contributed by atoms with Gasteiger partial charge in [-0.2, -0.15) is 5.10 Å². The molecule has 1 atom stereocenters. The summed E-state index contributed by atoms with van der Waals surface area (Å²) in [6, 6.07) is 6.81. The molecule has 2 amide bonds. The average Bonchev–Trinajstić information content (AvgIpc) is 2.84. The Kier molecular flexibility index (Phi) is 4.89. The Bertz CT molecular complexity index is 609. The van der Waals surface area contributed by atoms with Crippen LogP contribution in [0.2, 0.25) is 0 Å². The van der Waals surface area contributed by atoms with Crippen molar-refractivity contribution in [2.24, 2.45) is 7.05 Å². The first-order valence-electron chi connectivity index (χ1n) is 6.72. The molecule has 1 unspecified atom stereocenters. The summed E-state index contributed by atoms with van der Waals surface area (Å²) < 4.78 is 1.62. The Labute approximate surface area is 123 Å². The van der Waals surface area contributed by atoms with Gasteiger partial charge in [0.2, 0.25) is 0 Å². The Hall–Kier alpha value is -2.41. The van der Waals surface area contributed by atoms with Crippen molar-refractivity contribution in [3.05, 3.63) is 42.0 Å². The number of carbonyl (C=O) groups is 1. The van der Waals surface area contributed by atoms with Crippen molar-refractivity contribution in [1.82, 2.24) is 20.1 Å². The molecule has 0 aliphatic rings. The molecule has 2 aromatic rings. The number of aryl methyl sites for hydroxylation is 1. The van der Waals surface area contributed by atoms with E-state index in [0.717, 1.165) is 5.56 Å². The smallest absolute Gasteiger partial charge is 0.319 e. The van der Waals surface area contributed by atoms with E-state index in [4.69, 9.17) is 0 Å². The molecule has 7 nitrogen and oxygen atoms in total. The van der Waals surface area contributed by atoms with Gasteiger partial charge in [-0.3, -0.25) is 4.68 Å². The maximum atomic E-state index is 11.8. The lowest BCUT2D eigenvalue weighted by atomic mass is 10.1. The minimum atomic E-state index is -0.565. The minimum Gasteiger partial charge on any atom is -0.389 e. The van der Waals surface area contributed by atoms with E-state index in [0.29, 0.717) is 24.5 Å². The second kappa shape index (κ2) is 6.85. The lowest BCUT2D eigenvalue weighted by Crippen LogP contribution is -2.30. The zero-order valence-electron chi connectivity index (χ0n) is 12.1. The van der Waals surface area contributed by atoms with Crippen molar-refractivity contribution >= 4 is 11.7 Å². The van der Waals surface area contributed by atoms with Gasteiger partial charge in [0.25, 0.3) is 0 Å². The van der Waals surface area contributed by atoms with Crippen LogP contribution in [-0.2, 0) is 13.5 Å². The van der Waals surface area contributed by atoms with E-state index in [1.165, 1.54) is 0 Å². The quantitative estimate of drug-likeness (QED) is 0.772. The summed E-state index contributed by atoms with van der Waals surface area (Å²) in [5.74, 6) is 0.689.